The van der Waals surface area contributed by atoms with Crippen molar-refractivity contribution in [1.29, 1.82) is 0 Å². The summed E-state index contributed by atoms with van der Waals surface area (Å²) >= 11 is 0. The van der Waals surface area contributed by atoms with E-state index in [1.54, 1.807) is 0 Å². The van der Waals surface area contributed by atoms with E-state index in [1.807, 2.05) is 0 Å². The summed E-state index contributed by atoms with van der Waals surface area (Å²) in [6.07, 6.45) is 5.78. The summed E-state index contributed by atoms with van der Waals surface area (Å²) in [5.41, 5.74) is 1.50. The Balaban J connectivity index is 1.31. The molecular weight excluding hydrogens is 284 g/mol. The Labute approximate surface area is 141 Å². The molecule has 3 rings (SSSR count). The summed E-state index contributed by atoms with van der Waals surface area (Å²) in [7, 11) is 0. The van der Waals surface area contributed by atoms with Gasteiger partial charge in [0, 0.05) is 26.2 Å². The van der Waals surface area contributed by atoms with Gasteiger partial charge in [-0.05, 0) is 57.2 Å². The highest BCUT2D eigenvalue weighted by Crippen LogP contribution is 2.22. The Morgan fingerprint density at radius 3 is 2.48 bits per heavy atom. The zero-order chi connectivity index (χ0) is 15.9. The number of piperidine rings is 1. The highest BCUT2D eigenvalue weighted by atomic mass is 16.5. The molecule has 1 atom stereocenters. The molecule has 2 aliphatic rings. The lowest BCUT2D eigenvalue weighted by Gasteiger charge is -2.35. The van der Waals surface area contributed by atoms with Crippen LogP contribution in [0.15, 0.2) is 30.3 Å². The van der Waals surface area contributed by atoms with Crippen LogP contribution in [0, 0.1) is 5.92 Å². The molecule has 23 heavy (non-hydrogen) atoms. The molecule has 1 aromatic rings. The van der Waals surface area contributed by atoms with Crippen molar-refractivity contribution in [3.8, 4) is 0 Å². The van der Waals surface area contributed by atoms with E-state index in [1.165, 1.54) is 57.4 Å². The molecule has 0 amide bonds. The normalized spacial score (nSPS) is 24.8. The van der Waals surface area contributed by atoms with E-state index in [0.717, 1.165) is 25.6 Å². The number of hydrogen-bond acceptors (Lipinski definition) is 3. The maximum Gasteiger partial charge on any atom is 0.0674 e. The molecule has 0 aromatic heterocycles. The third-order valence-corrected chi connectivity index (χ3v) is 5.45. The van der Waals surface area contributed by atoms with Crippen molar-refractivity contribution < 1.29 is 4.74 Å². The standard InChI is InChI=1S/C20H32N2O/c1-18-17-22(15-16-23-18)14-13-21-11-9-20(10-12-21)8-7-19-5-3-2-4-6-19/h2-6,18,20H,7-17H2,1H3/t18-/m0/s1. The Morgan fingerprint density at radius 1 is 1.00 bits per heavy atom. The molecule has 0 radical (unpaired) electrons. The molecule has 2 fully saturated rings. The van der Waals surface area contributed by atoms with Gasteiger partial charge in [0.15, 0.2) is 0 Å². The molecular formula is C20H32N2O. The maximum absolute atomic E-state index is 5.62. The molecule has 1 aromatic carbocycles. The maximum atomic E-state index is 5.62. The van der Waals surface area contributed by atoms with E-state index in [4.69, 9.17) is 4.74 Å². The third-order valence-electron chi connectivity index (χ3n) is 5.45. The summed E-state index contributed by atoms with van der Waals surface area (Å²) in [6.45, 7) is 10.3. The quantitative estimate of drug-likeness (QED) is 0.802. The monoisotopic (exact) mass is 316 g/mol. The topological polar surface area (TPSA) is 15.7 Å². The van der Waals surface area contributed by atoms with E-state index in [-0.39, 0.29) is 0 Å². The number of ether oxygens (including phenoxy) is 1. The van der Waals surface area contributed by atoms with Crippen LogP contribution < -0.4 is 0 Å². The zero-order valence-corrected chi connectivity index (χ0v) is 14.6. The predicted molar refractivity (Wildman–Crippen MR) is 95.8 cm³/mol. The van der Waals surface area contributed by atoms with Gasteiger partial charge in [0.2, 0.25) is 0 Å². The first-order chi connectivity index (χ1) is 11.3. The van der Waals surface area contributed by atoms with Crippen molar-refractivity contribution >= 4 is 0 Å². The minimum absolute atomic E-state index is 0.410. The number of morpholine rings is 1. The lowest BCUT2D eigenvalue weighted by molar-refractivity contribution is -0.0214. The Bertz CT molecular complexity index is 442. The highest BCUT2D eigenvalue weighted by Gasteiger charge is 2.21. The summed E-state index contributed by atoms with van der Waals surface area (Å²) in [5, 5.41) is 0. The van der Waals surface area contributed by atoms with Crippen LogP contribution in [0.2, 0.25) is 0 Å². The lowest BCUT2D eigenvalue weighted by atomic mass is 9.90. The molecule has 3 nitrogen and oxygen atoms in total. The Morgan fingerprint density at radius 2 is 1.74 bits per heavy atom. The van der Waals surface area contributed by atoms with Gasteiger partial charge in [0.05, 0.1) is 12.7 Å². The van der Waals surface area contributed by atoms with Crippen LogP contribution in [-0.2, 0) is 11.2 Å². The van der Waals surface area contributed by atoms with Crippen LogP contribution in [0.1, 0.15) is 31.7 Å². The van der Waals surface area contributed by atoms with Crippen LogP contribution in [0.3, 0.4) is 0 Å². The number of rotatable bonds is 6. The second-order valence-electron chi connectivity index (χ2n) is 7.29. The van der Waals surface area contributed by atoms with Crippen LogP contribution in [0.5, 0.6) is 0 Å². The minimum atomic E-state index is 0.410. The van der Waals surface area contributed by atoms with Gasteiger partial charge in [-0.1, -0.05) is 30.3 Å². The molecule has 0 N–H and O–H groups in total. The summed E-state index contributed by atoms with van der Waals surface area (Å²) in [5.74, 6) is 0.926. The summed E-state index contributed by atoms with van der Waals surface area (Å²) < 4.78 is 5.62. The Hall–Kier alpha value is -0.900. The number of hydrogen-bond donors (Lipinski definition) is 0. The SMILES string of the molecule is C[C@H]1CN(CCN2CCC(CCc3ccccc3)CC2)CCO1. The van der Waals surface area contributed by atoms with Gasteiger partial charge in [-0.15, -0.1) is 0 Å². The number of nitrogens with zero attached hydrogens (tertiary/aromatic N) is 2. The highest BCUT2D eigenvalue weighted by molar-refractivity contribution is 5.14. The smallest absolute Gasteiger partial charge is 0.0674 e. The molecule has 0 unspecified atom stereocenters. The van der Waals surface area contributed by atoms with E-state index in [0.29, 0.717) is 6.10 Å². The van der Waals surface area contributed by atoms with Crippen molar-refractivity contribution in [3.05, 3.63) is 35.9 Å². The summed E-state index contributed by atoms with van der Waals surface area (Å²) in [4.78, 5) is 5.23. The van der Waals surface area contributed by atoms with Crippen molar-refractivity contribution in [3.63, 3.8) is 0 Å². The molecule has 0 spiro atoms. The van der Waals surface area contributed by atoms with Crippen LogP contribution in [0.4, 0.5) is 0 Å². The second-order valence-corrected chi connectivity index (χ2v) is 7.29. The fourth-order valence-electron chi connectivity index (χ4n) is 3.89. The molecule has 2 saturated heterocycles. The van der Waals surface area contributed by atoms with Crippen molar-refractivity contribution in [1.82, 2.24) is 9.80 Å². The van der Waals surface area contributed by atoms with Crippen molar-refractivity contribution in [2.24, 2.45) is 5.92 Å². The molecule has 2 heterocycles. The minimum Gasteiger partial charge on any atom is -0.376 e. The summed E-state index contributed by atoms with van der Waals surface area (Å²) in [6, 6.07) is 10.9. The average Bonchev–Trinajstić information content (AvgIpc) is 2.60. The van der Waals surface area contributed by atoms with Gasteiger partial charge in [0.1, 0.15) is 0 Å². The molecule has 0 aliphatic carbocycles. The Kier molecular flexibility index (Phi) is 6.49. The van der Waals surface area contributed by atoms with E-state index in [9.17, 15) is 0 Å². The fourth-order valence-corrected chi connectivity index (χ4v) is 3.89. The predicted octanol–water partition coefficient (Wildman–Crippen LogP) is 3.05. The van der Waals surface area contributed by atoms with Gasteiger partial charge in [-0.2, -0.15) is 0 Å². The van der Waals surface area contributed by atoms with Crippen molar-refractivity contribution in [2.75, 3.05) is 45.9 Å². The first-order valence-electron chi connectivity index (χ1n) is 9.40. The zero-order valence-electron chi connectivity index (χ0n) is 14.6. The van der Waals surface area contributed by atoms with Gasteiger partial charge in [0.25, 0.3) is 0 Å². The van der Waals surface area contributed by atoms with E-state index >= 15 is 0 Å². The van der Waals surface area contributed by atoms with Gasteiger partial charge >= 0.3 is 0 Å². The fraction of sp³-hybridized carbons (Fsp3) is 0.700. The first-order valence-corrected chi connectivity index (χ1v) is 9.40. The first kappa shape index (κ1) is 16.9. The van der Waals surface area contributed by atoms with Crippen LogP contribution >= 0.6 is 0 Å². The molecule has 128 valence electrons. The lowest BCUT2D eigenvalue weighted by Crippen LogP contribution is -2.45. The molecule has 0 saturated carbocycles. The van der Waals surface area contributed by atoms with Crippen molar-refractivity contribution in [2.45, 2.75) is 38.7 Å². The number of likely N-dealkylation sites (tertiary alicyclic amines) is 1. The van der Waals surface area contributed by atoms with Crippen LogP contribution in [-0.4, -0.2) is 61.8 Å². The van der Waals surface area contributed by atoms with Gasteiger partial charge in [-0.3, -0.25) is 4.90 Å². The van der Waals surface area contributed by atoms with E-state index < -0.39 is 0 Å². The van der Waals surface area contributed by atoms with Gasteiger partial charge in [-0.25, -0.2) is 0 Å². The molecule has 3 heteroatoms. The molecule has 0 bridgehead atoms. The molecule has 2 aliphatic heterocycles. The third kappa shape index (κ3) is 5.59. The number of aryl methyl sites for hydroxylation is 1. The van der Waals surface area contributed by atoms with Crippen LogP contribution in [0.25, 0.3) is 0 Å². The van der Waals surface area contributed by atoms with E-state index in [2.05, 4.69) is 47.1 Å². The van der Waals surface area contributed by atoms with Gasteiger partial charge < -0.3 is 9.64 Å². The largest absolute Gasteiger partial charge is 0.376 e. The second kappa shape index (κ2) is 8.81. The average molecular weight is 316 g/mol. The number of benzene rings is 1.